The van der Waals surface area contributed by atoms with Crippen LogP contribution in [0.1, 0.15) is 425 Å². The third-order valence-electron chi connectivity index (χ3n) is 17.6. The minimum Gasteiger partial charge on any atom is -0.466 e. The number of carbonyl (C=O) groups is 2. The lowest BCUT2D eigenvalue weighted by atomic mass is 10.0. The first-order chi connectivity index (χ1) is 39.5. The number of aliphatic hydroxyl groups is 2. The van der Waals surface area contributed by atoms with Crippen molar-refractivity contribution < 1.29 is 24.5 Å². The fourth-order valence-electron chi connectivity index (χ4n) is 11.9. The lowest BCUT2D eigenvalue weighted by molar-refractivity contribution is -0.143. The van der Waals surface area contributed by atoms with Crippen LogP contribution in [0.25, 0.3) is 0 Å². The van der Waals surface area contributed by atoms with E-state index < -0.39 is 12.1 Å². The van der Waals surface area contributed by atoms with E-state index in [0.29, 0.717) is 19.4 Å². The molecule has 0 saturated carbocycles. The highest BCUT2D eigenvalue weighted by atomic mass is 16.5. The van der Waals surface area contributed by atoms with E-state index in [2.05, 4.69) is 19.2 Å². The monoisotopic (exact) mass is 1130 g/mol. The Hall–Kier alpha value is -1.40. The van der Waals surface area contributed by atoms with E-state index in [1.54, 1.807) is 6.08 Å². The Kier molecular flexibility index (Phi) is 68.9. The SMILES string of the molecule is CCCCCCCCCCCCCCCCCCCCC/C=C/C(O)C(CO)NC(=O)CCCCCCCCCCCCCCCCCCCCCCCCCCCCCCCCOC(=O)CCCCCCCCCCCCCC. The average molecular weight is 1130 g/mol. The fraction of sp³-hybridized carbons (Fsp3) is 0.946. The summed E-state index contributed by atoms with van der Waals surface area (Å²) in [6.07, 6.45) is 87.4. The van der Waals surface area contributed by atoms with Crippen LogP contribution in [0.4, 0.5) is 0 Å². The minimum absolute atomic E-state index is 0.0215. The Labute approximate surface area is 501 Å². The van der Waals surface area contributed by atoms with Crippen LogP contribution in [-0.4, -0.2) is 47.4 Å². The van der Waals surface area contributed by atoms with E-state index in [1.165, 1.54) is 360 Å². The van der Waals surface area contributed by atoms with Crippen molar-refractivity contribution in [1.82, 2.24) is 5.32 Å². The van der Waals surface area contributed by atoms with Crippen molar-refractivity contribution in [2.45, 2.75) is 437 Å². The third-order valence-corrected chi connectivity index (χ3v) is 17.6. The quantitative estimate of drug-likeness (QED) is 0.0320. The number of amides is 1. The standard InChI is InChI=1S/C74H145NO5/c1-3-5-7-9-11-13-15-17-18-19-20-31-34-37-40-43-46-50-54-58-62-66-72(77)71(70-76)75-73(78)67-63-59-55-51-47-44-41-38-35-32-29-27-25-23-21-22-24-26-28-30-33-36-39-42-45-49-53-57-61-65-69-80-74(79)68-64-60-56-52-48-16-14-12-10-8-6-4-2/h62,66,71-72,76-77H,3-61,63-65,67-70H2,1-2H3,(H,75,78)/b66-62+. The molecule has 0 rings (SSSR count). The molecule has 6 nitrogen and oxygen atoms in total. The molecule has 0 aromatic carbocycles. The summed E-state index contributed by atoms with van der Waals surface area (Å²) in [5.74, 6) is -0.0377. The Morgan fingerprint density at radius 3 is 0.850 bits per heavy atom. The Morgan fingerprint density at radius 2 is 0.575 bits per heavy atom. The van der Waals surface area contributed by atoms with E-state index >= 15 is 0 Å². The molecule has 6 heteroatoms. The first-order valence-corrected chi connectivity index (χ1v) is 37.0. The Balaban J connectivity index is 3.35. The predicted molar refractivity (Wildman–Crippen MR) is 352 cm³/mol. The van der Waals surface area contributed by atoms with Crippen molar-refractivity contribution >= 4 is 11.9 Å². The fourth-order valence-corrected chi connectivity index (χ4v) is 11.9. The number of rotatable bonds is 70. The zero-order valence-electron chi connectivity index (χ0n) is 54.6. The van der Waals surface area contributed by atoms with E-state index in [-0.39, 0.29) is 18.5 Å². The molecule has 476 valence electrons. The van der Waals surface area contributed by atoms with Gasteiger partial charge in [-0.15, -0.1) is 0 Å². The first kappa shape index (κ1) is 78.6. The zero-order chi connectivity index (χ0) is 57.8. The van der Waals surface area contributed by atoms with Crippen LogP contribution in [0.2, 0.25) is 0 Å². The largest absolute Gasteiger partial charge is 0.466 e. The lowest BCUT2D eigenvalue weighted by Gasteiger charge is -2.20. The van der Waals surface area contributed by atoms with E-state index in [4.69, 9.17) is 4.74 Å². The second-order valence-corrected chi connectivity index (χ2v) is 25.6. The van der Waals surface area contributed by atoms with Crippen molar-refractivity contribution in [3.05, 3.63) is 12.2 Å². The molecule has 0 heterocycles. The Bertz CT molecular complexity index is 1210. The topological polar surface area (TPSA) is 95.9 Å². The molecule has 0 aliphatic rings. The summed E-state index contributed by atoms with van der Waals surface area (Å²) >= 11 is 0. The molecule has 0 saturated heterocycles. The molecular weight excluding hydrogens is 983 g/mol. The number of carbonyl (C=O) groups excluding carboxylic acids is 2. The number of aliphatic hydroxyl groups excluding tert-OH is 2. The molecule has 80 heavy (non-hydrogen) atoms. The van der Waals surface area contributed by atoms with Gasteiger partial charge in [0.05, 0.1) is 25.4 Å². The average Bonchev–Trinajstić information content (AvgIpc) is 3.46. The molecule has 0 spiro atoms. The van der Waals surface area contributed by atoms with Gasteiger partial charge in [0.2, 0.25) is 5.91 Å². The highest BCUT2D eigenvalue weighted by Gasteiger charge is 2.18. The smallest absolute Gasteiger partial charge is 0.305 e. The van der Waals surface area contributed by atoms with Crippen LogP contribution in [-0.2, 0) is 14.3 Å². The van der Waals surface area contributed by atoms with Gasteiger partial charge in [-0.05, 0) is 32.1 Å². The molecule has 2 atom stereocenters. The van der Waals surface area contributed by atoms with Crippen molar-refractivity contribution in [2.75, 3.05) is 13.2 Å². The second kappa shape index (κ2) is 70.1. The van der Waals surface area contributed by atoms with Crippen molar-refractivity contribution in [3.8, 4) is 0 Å². The predicted octanol–water partition coefficient (Wildman–Crippen LogP) is 23.9. The zero-order valence-corrected chi connectivity index (χ0v) is 54.6. The van der Waals surface area contributed by atoms with E-state index in [0.717, 1.165) is 38.5 Å². The number of nitrogens with one attached hydrogen (secondary N) is 1. The number of unbranched alkanes of at least 4 members (excludes halogenated alkanes) is 59. The summed E-state index contributed by atoms with van der Waals surface area (Å²) in [5.41, 5.74) is 0. The van der Waals surface area contributed by atoms with Crippen LogP contribution in [0.5, 0.6) is 0 Å². The summed E-state index contributed by atoms with van der Waals surface area (Å²) in [7, 11) is 0. The molecule has 0 aromatic heterocycles. The summed E-state index contributed by atoms with van der Waals surface area (Å²) in [4.78, 5) is 24.6. The number of hydrogen-bond acceptors (Lipinski definition) is 5. The number of ether oxygens (including phenoxy) is 1. The first-order valence-electron chi connectivity index (χ1n) is 37.0. The maximum Gasteiger partial charge on any atom is 0.305 e. The van der Waals surface area contributed by atoms with Gasteiger partial charge < -0.3 is 20.3 Å². The molecule has 0 fully saturated rings. The van der Waals surface area contributed by atoms with Gasteiger partial charge in [0, 0.05) is 12.8 Å². The van der Waals surface area contributed by atoms with E-state index in [1.807, 2.05) is 6.08 Å². The van der Waals surface area contributed by atoms with Crippen molar-refractivity contribution in [2.24, 2.45) is 0 Å². The minimum atomic E-state index is -0.842. The normalized spacial score (nSPS) is 12.5. The van der Waals surface area contributed by atoms with Crippen molar-refractivity contribution in [1.29, 1.82) is 0 Å². The molecule has 2 unspecified atom stereocenters. The van der Waals surface area contributed by atoms with E-state index in [9.17, 15) is 19.8 Å². The molecule has 3 N–H and O–H groups in total. The van der Waals surface area contributed by atoms with Crippen molar-refractivity contribution in [3.63, 3.8) is 0 Å². The molecule has 1 amide bonds. The number of allylic oxidation sites excluding steroid dienone is 1. The number of hydrogen-bond donors (Lipinski definition) is 3. The summed E-state index contributed by atoms with van der Waals surface area (Å²) in [5, 5.41) is 23.3. The second-order valence-electron chi connectivity index (χ2n) is 25.6. The van der Waals surface area contributed by atoms with Crippen LogP contribution >= 0.6 is 0 Å². The maximum absolute atomic E-state index is 12.5. The number of esters is 1. The van der Waals surface area contributed by atoms with Gasteiger partial charge in [-0.25, -0.2) is 0 Å². The molecular formula is C74H145NO5. The third kappa shape index (κ3) is 65.7. The highest BCUT2D eigenvalue weighted by molar-refractivity contribution is 5.76. The van der Waals surface area contributed by atoms with Crippen LogP contribution in [0.3, 0.4) is 0 Å². The maximum atomic E-state index is 12.5. The summed E-state index contributed by atoms with van der Waals surface area (Å²) < 4.78 is 5.49. The van der Waals surface area contributed by atoms with Gasteiger partial charge >= 0.3 is 5.97 Å². The van der Waals surface area contributed by atoms with Gasteiger partial charge in [0.1, 0.15) is 0 Å². The molecule has 0 bridgehead atoms. The van der Waals surface area contributed by atoms with Gasteiger partial charge in [-0.3, -0.25) is 9.59 Å². The van der Waals surface area contributed by atoms with Gasteiger partial charge in [-0.1, -0.05) is 392 Å². The summed E-state index contributed by atoms with van der Waals surface area (Å²) in [6.45, 7) is 4.95. The lowest BCUT2D eigenvalue weighted by Crippen LogP contribution is -2.45. The molecule has 0 aliphatic carbocycles. The van der Waals surface area contributed by atoms with Crippen LogP contribution < -0.4 is 5.32 Å². The Morgan fingerprint density at radius 1 is 0.338 bits per heavy atom. The molecule has 0 radical (unpaired) electrons. The summed E-state index contributed by atoms with van der Waals surface area (Å²) in [6, 6.07) is -0.625. The molecule has 0 aromatic rings. The van der Waals surface area contributed by atoms with Gasteiger partial charge in [-0.2, -0.15) is 0 Å². The van der Waals surface area contributed by atoms with Gasteiger partial charge in [0.15, 0.2) is 0 Å². The van der Waals surface area contributed by atoms with Crippen LogP contribution in [0.15, 0.2) is 12.2 Å². The van der Waals surface area contributed by atoms with Gasteiger partial charge in [0.25, 0.3) is 0 Å². The molecule has 0 aliphatic heterocycles. The van der Waals surface area contributed by atoms with Crippen LogP contribution in [0, 0.1) is 0 Å². The highest BCUT2D eigenvalue weighted by Crippen LogP contribution is 2.20.